The highest BCUT2D eigenvalue weighted by atomic mass is 32.1. The summed E-state index contributed by atoms with van der Waals surface area (Å²) >= 11 is 1.55. The van der Waals surface area contributed by atoms with Crippen molar-refractivity contribution in [3.05, 3.63) is 57.9 Å². The lowest BCUT2D eigenvalue weighted by Crippen LogP contribution is -2.16. The van der Waals surface area contributed by atoms with E-state index in [1.165, 1.54) is 5.56 Å². The number of carbonyl (C=O) groups excluding carboxylic acids is 1. The summed E-state index contributed by atoms with van der Waals surface area (Å²) in [4.78, 5) is 17.7. The average molecular weight is 383 g/mol. The molecule has 0 spiro atoms. The second-order valence-electron chi connectivity index (χ2n) is 6.97. The number of aryl methyl sites for hydroxylation is 2. The molecule has 2 aromatic carbocycles. The number of methoxy groups -OCH3 is 1. The molecule has 3 aromatic rings. The Morgan fingerprint density at radius 3 is 2.48 bits per heavy atom. The maximum absolute atomic E-state index is 12.6. The predicted octanol–water partition coefficient (Wildman–Crippen LogP) is 4.83. The minimum Gasteiger partial charge on any atom is -0.495 e. The third-order valence-corrected chi connectivity index (χ3v) is 5.96. The van der Waals surface area contributed by atoms with E-state index in [0.29, 0.717) is 12.3 Å². The van der Waals surface area contributed by atoms with Gasteiger partial charge in [0.2, 0.25) is 0 Å². The molecular weight excluding hydrogens is 356 g/mol. The van der Waals surface area contributed by atoms with E-state index >= 15 is 0 Å². The standard InChI is InChI=1S/C22H26N2O2S/c1-6-24-20-18(26-5)12-7-15(4)21(20)27-22(24)23-19(25)13-16-8-10-17(11-9-16)14(2)3/h7-12,14H,6,13H2,1-5H3. The van der Waals surface area contributed by atoms with Crippen molar-refractivity contribution in [3.63, 3.8) is 0 Å². The zero-order valence-corrected chi connectivity index (χ0v) is 17.4. The summed E-state index contributed by atoms with van der Waals surface area (Å²) in [7, 11) is 1.67. The van der Waals surface area contributed by atoms with Crippen molar-refractivity contribution < 1.29 is 9.53 Å². The molecule has 4 nitrogen and oxygen atoms in total. The van der Waals surface area contributed by atoms with E-state index in [0.717, 1.165) is 38.4 Å². The fourth-order valence-corrected chi connectivity index (χ4v) is 4.36. The van der Waals surface area contributed by atoms with Crippen molar-refractivity contribution in [3.8, 4) is 5.75 Å². The molecule has 0 bridgehead atoms. The first-order valence-corrected chi connectivity index (χ1v) is 10.1. The number of ether oxygens (including phenoxy) is 1. The SMILES string of the molecule is CCn1c(=NC(=O)Cc2ccc(C(C)C)cc2)sc2c(C)ccc(OC)c21. The lowest BCUT2D eigenvalue weighted by molar-refractivity contribution is -0.117. The number of hydrogen-bond acceptors (Lipinski definition) is 3. The molecule has 0 fully saturated rings. The van der Waals surface area contributed by atoms with E-state index in [1.807, 2.05) is 24.3 Å². The number of carbonyl (C=O) groups is 1. The van der Waals surface area contributed by atoms with Crippen LogP contribution >= 0.6 is 11.3 Å². The van der Waals surface area contributed by atoms with Gasteiger partial charge in [-0.25, -0.2) is 0 Å². The van der Waals surface area contributed by atoms with E-state index in [-0.39, 0.29) is 5.91 Å². The molecule has 0 aliphatic rings. The van der Waals surface area contributed by atoms with Crippen LogP contribution in [0.1, 0.15) is 43.4 Å². The molecule has 0 atom stereocenters. The lowest BCUT2D eigenvalue weighted by Gasteiger charge is -2.07. The molecule has 3 rings (SSSR count). The Hall–Kier alpha value is -2.40. The van der Waals surface area contributed by atoms with Gasteiger partial charge in [-0.05, 0) is 42.5 Å². The van der Waals surface area contributed by atoms with Crippen LogP contribution in [0.5, 0.6) is 5.75 Å². The van der Waals surface area contributed by atoms with Crippen molar-refractivity contribution in [2.75, 3.05) is 7.11 Å². The monoisotopic (exact) mass is 382 g/mol. The van der Waals surface area contributed by atoms with Crippen molar-refractivity contribution in [1.29, 1.82) is 0 Å². The van der Waals surface area contributed by atoms with E-state index < -0.39 is 0 Å². The number of thiazole rings is 1. The number of rotatable bonds is 5. The van der Waals surface area contributed by atoms with Crippen molar-refractivity contribution in [1.82, 2.24) is 4.57 Å². The van der Waals surface area contributed by atoms with Crippen LogP contribution in [-0.2, 0) is 17.8 Å². The molecule has 0 aliphatic heterocycles. The number of fused-ring (bicyclic) bond motifs is 1. The average Bonchev–Trinajstić information content (AvgIpc) is 3.01. The zero-order chi connectivity index (χ0) is 19.6. The van der Waals surface area contributed by atoms with Crippen LogP contribution in [-0.4, -0.2) is 17.6 Å². The van der Waals surface area contributed by atoms with Gasteiger partial charge >= 0.3 is 0 Å². The molecule has 0 aliphatic carbocycles. The third kappa shape index (κ3) is 3.98. The molecule has 142 valence electrons. The van der Waals surface area contributed by atoms with Gasteiger partial charge in [0.25, 0.3) is 5.91 Å². The van der Waals surface area contributed by atoms with Crippen molar-refractivity contribution in [2.45, 2.75) is 46.6 Å². The minimum atomic E-state index is -0.127. The third-order valence-electron chi connectivity index (χ3n) is 4.74. The fourth-order valence-electron chi connectivity index (χ4n) is 3.16. The maximum Gasteiger partial charge on any atom is 0.252 e. The normalized spacial score (nSPS) is 12.1. The first-order valence-electron chi connectivity index (χ1n) is 9.28. The van der Waals surface area contributed by atoms with Gasteiger partial charge < -0.3 is 9.30 Å². The number of benzene rings is 2. The van der Waals surface area contributed by atoms with Crippen molar-refractivity contribution >= 4 is 27.5 Å². The molecule has 5 heteroatoms. The lowest BCUT2D eigenvalue weighted by atomic mass is 10.0. The summed E-state index contributed by atoms with van der Waals surface area (Å²) in [6.07, 6.45) is 0.312. The summed E-state index contributed by atoms with van der Waals surface area (Å²) in [5, 5.41) is 0. The number of aromatic nitrogens is 1. The molecule has 1 amide bonds. The number of amides is 1. The fraction of sp³-hybridized carbons (Fsp3) is 0.364. The molecule has 0 N–H and O–H groups in total. The van der Waals surface area contributed by atoms with Crippen LogP contribution in [0.4, 0.5) is 0 Å². The number of nitrogens with zero attached hydrogens (tertiary/aromatic N) is 2. The highest BCUT2D eigenvalue weighted by molar-refractivity contribution is 7.16. The predicted molar refractivity (Wildman–Crippen MR) is 112 cm³/mol. The minimum absolute atomic E-state index is 0.127. The summed E-state index contributed by atoms with van der Waals surface area (Å²) in [5.41, 5.74) is 4.44. The first-order chi connectivity index (χ1) is 12.9. The number of hydrogen-bond donors (Lipinski definition) is 0. The zero-order valence-electron chi connectivity index (χ0n) is 16.6. The van der Waals surface area contributed by atoms with Gasteiger partial charge in [-0.1, -0.05) is 55.5 Å². The van der Waals surface area contributed by atoms with Gasteiger partial charge in [-0.15, -0.1) is 0 Å². The van der Waals surface area contributed by atoms with E-state index in [2.05, 4.69) is 49.4 Å². The van der Waals surface area contributed by atoms with Gasteiger partial charge in [-0.3, -0.25) is 4.79 Å². The van der Waals surface area contributed by atoms with Gasteiger partial charge in [-0.2, -0.15) is 4.99 Å². The second-order valence-corrected chi connectivity index (χ2v) is 7.95. The first kappa shape index (κ1) is 19.4. The van der Waals surface area contributed by atoms with Gasteiger partial charge in [0.1, 0.15) is 11.3 Å². The van der Waals surface area contributed by atoms with Crippen LogP contribution in [0.15, 0.2) is 41.4 Å². The molecule has 0 saturated carbocycles. The van der Waals surface area contributed by atoms with Crippen LogP contribution in [0, 0.1) is 6.92 Å². The molecule has 27 heavy (non-hydrogen) atoms. The van der Waals surface area contributed by atoms with Gasteiger partial charge in [0, 0.05) is 6.54 Å². The Morgan fingerprint density at radius 1 is 1.19 bits per heavy atom. The van der Waals surface area contributed by atoms with Crippen LogP contribution < -0.4 is 9.54 Å². The Balaban J connectivity index is 1.97. The largest absolute Gasteiger partial charge is 0.495 e. The molecular formula is C22H26N2O2S. The quantitative estimate of drug-likeness (QED) is 0.634. The Morgan fingerprint density at radius 2 is 1.89 bits per heavy atom. The molecule has 0 saturated heterocycles. The van der Waals surface area contributed by atoms with Crippen LogP contribution in [0.2, 0.25) is 0 Å². The maximum atomic E-state index is 12.6. The summed E-state index contributed by atoms with van der Waals surface area (Å²) < 4.78 is 8.70. The highest BCUT2D eigenvalue weighted by Gasteiger charge is 2.13. The smallest absolute Gasteiger partial charge is 0.252 e. The second kappa shape index (κ2) is 8.09. The van der Waals surface area contributed by atoms with E-state index in [1.54, 1.807) is 18.4 Å². The molecule has 1 heterocycles. The van der Waals surface area contributed by atoms with E-state index in [4.69, 9.17) is 4.74 Å². The van der Waals surface area contributed by atoms with Gasteiger partial charge in [0.15, 0.2) is 4.80 Å². The molecule has 0 unspecified atom stereocenters. The molecule has 0 radical (unpaired) electrons. The molecule has 1 aromatic heterocycles. The Kier molecular flexibility index (Phi) is 5.80. The summed E-state index contributed by atoms with van der Waals surface area (Å²) in [6.45, 7) is 9.19. The highest BCUT2D eigenvalue weighted by Crippen LogP contribution is 2.30. The Labute approximate surface area is 164 Å². The van der Waals surface area contributed by atoms with E-state index in [9.17, 15) is 4.79 Å². The topological polar surface area (TPSA) is 43.6 Å². The summed E-state index contributed by atoms with van der Waals surface area (Å²) in [5.74, 6) is 1.17. The summed E-state index contributed by atoms with van der Waals surface area (Å²) in [6, 6.07) is 12.2. The van der Waals surface area contributed by atoms with Gasteiger partial charge in [0.05, 0.1) is 18.2 Å². The van der Waals surface area contributed by atoms with Crippen LogP contribution in [0.3, 0.4) is 0 Å². The van der Waals surface area contributed by atoms with Crippen molar-refractivity contribution in [2.24, 2.45) is 4.99 Å². The Bertz CT molecular complexity index is 1030. The van der Waals surface area contributed by atoms with Crippen LogP contribution in [0.25, 0.3) is 10.2 Å².